The van der Waals surface area contributed by atoms with Crippen LogP contribution >= 0.6 is 0 Å². The maximum absolute atomic E-state index is 12.4. The first-order chi connectivity index (χ1) is 10.2. The van der Waals surface area contributed by atoms with Crippen LogP contribution in [0, 0.1) is 0 Å². The van der Waals surface area contributed by atoms with Gasteiger partial charge in [0.2, 0.25) is 0 Å². The van der Waals surface area contributed by atoms with Gasteiger partial charge in [0.1, 0.15) is 5.82 Å². The molecule has 0 bridgehead atoms. The van der Waals surface area contributed by atoms with E-state index in [1.54, 1.807) is 13.2 Å². The molecule has 0 spiro atoms. The van der Waals surface area contributed by atoms with Crippen LogP contribution in [0.4, 0.5) is 5.82 Å². The highest BCUT2D eigenvalue weighted by Crippen LogP contribution is 2.25. The number of nitrogens with zero attached hydrogens (tertiary/aromatic N) is 2. The minimum atomic E-state index is -0.130. The summed E-state index contributed by atoms with van der Waals surface area (Å²) in [6.07, 6.45) is 2.62. The third-order valence-corrected chi connectivity index (χ3v) is 3.35. The monoisotopic (exact) mass is 287 g/mol. The Hall–Kier alpha value is -2.14. The van der Waals surface area contributed by atoms with Crippen LogP contribution < -0.4 is 5.32 Å². The number of likely N-dealkylation sites (N-methyl/N-ethyl adjacent to an activating group) is 1. The summed E-state index contributed by atoms with van der Waals surface area (Å²) < 4.78 is 0. The Balaban J connectivity index is 2.44. The fourth-order valence-electron chi connectivity index (χ4n) is 2.20. The molecule has 0 fully saturated rings. The van der Waals surface area contributed by atoms with Crippen LogP contribution in [-0.4, -0.2) is 47.6 Å². The zero-order valence-electron chi connectivity index (χ0n) is 12.5. The van der Waals surface area contributed by atoms with E-state index in [0.29, 0.717) is 12.1 Å². The van der Waals surface area contributed by atoms with Crippen molar-refractivity contribution in [1.29, 1.82) is 0 Å². The zero-order valence-corrected chi connectivity index (χ0v) is 12.5. The van der Waals surface area contributed by atoms with Crippen molar-refractivity contribution in [1.82, 2.24) is 9.88 Å². The van der Waals surface area contributed by atoms with Crippen molar-refractivity contribution in [2.24, 2.45) is 0 Å². The molecule has 1 aromatic carbocycles. The summed E-state index contributed by atoms with van der Waals surface area (Å²) in [5.74, 6) is 0.670. The lowest BCUT2D eigenvalue weighted by molar-refractivity contribution is 0.0768. The molecule has 1 amide bonds. The van der Waals surface area contributed by atoms with Gasteiger partial charge in [-0.15, -0.1) is 0 Å². The molecule has 0 saturated heterocycles. The van der Waals surface area contributed by atoms with Gasteiger partial charge in [0.15, 0.2) is 0 Å². The lowest BCUT2D eigenvalue weighted by Crippen LogP contribution is -2.29. The highest BCUT2D eigenvalue weighted by atomic mass is 16.3. The largest absolute Gasteiger partial charge is 0.395 e. The minimum absolute atomic E-state index is 0.0518. The summed E-state index contributed by atoms with van der Waals surface area (Å²) in [5, 5.41) is 14.1. The molecule has 1 heterocycles. The maximum Gasteiger partial charge on any atom is 0.255 e. The Morgan fingerprint density at radius 2 is 2.05 bits per heavy atom. The normalized spacial score (nSPS) is 10.6. The van der Waals surface area contributed by atoms with E-state index in [0.717, 1.165) is 29.6 Å². The van der Waals surface area contributed by atoms with E-state index in [4.69, 9.17) is 5.11 Å². The number of aliphatic hydroxyl groups excluding tert-OH is 1. The first-order valence-corrected chi connectivity index (χ1v) is 7.17. The Morgan fingerprint density at radius 1 is 1.33 bits per heavy atom. The number of pyridine rings is 1. The van der Waals surface area contributed by atoms with Gasteiger partial charge in [-0.1, -0.05) is 31.2 Å². The van der Waals surface area contributed by atoms with Crippen molar-refractivity contribution < 1.29 is 9.90 Å². The highest BCUT2D eigenvalue weighted by molar-refractivity contribution is 6.09. The van der Waals surface area contributed by atoms with Crippen LogP contribution in [0.5, 0.6) is 0 Å². The summed E-state index contributed by atoms with van der Waals surface area (Å²) in [7, 11) is 1.68. The summed E-state index contributed by atoms with van der Waals surface area (Å²) in [5.41, 5.74) is 0.559. The molecule has 1 aromatic heterocycles. The molecule has 2 aromatic rings. The number of aliphatic hydroxyl groups is 1. The van der Waals surface area contributed by atoms with Gasteiger partial charge in [-0.05, 0) is 11.8 Å². The van der Waals surface area contributed by atoms with Crippen LogP contribution in [0.15, 0.2) is 30.5 Å². The molecular formula is C16H21N3O2. The standard InChI is InChI=1S/C16H21N3O2/c1-3-8-17-15-13-7-5-4-6-12(13)14(11-18-15)16(21)19(2)9-10-20/h4-7,11,20H,3,8-10H2,1-2H3,(H,17,18). The number of aromatic nitrogens is 1. The van der Waals surface area contributed by atoms with Gasteiger partial charge in [-0.3, -0.25) is 4.79 Å². The van der Waals surface area contributed by atoms with E-state index < -0.39 is 0 Å². The van der Waals surface area contributed by atoms with E-state index in [1.807, 2.05) is 24.3 Å². The van der Waals surface area contributed by atoms with E-state index in [9.17, 15) is 4.79 Å². The Bertz CT molecular complexity index is 628. The lowest BCUT2D eigenvalue weighted by Gasteiger charge is -2.17. The van der Waals surface area contributed by atoms with Crippen molar-refractivity contribution in [3.63, 3.8) is 0 Å². The molecule has 5 heteroatoms. The number of hydrogen-bond donors (Lipinski definition) is 2. The van der Waals surface area contributed by atoms with Crippen LogP contribution in [0.3, 0.4) is 0 Å². The molecule has 0 radical (unpaired) electrons. The number of rotatable bonds is 6. The van der Waals surface area contributed by atoms with Gasteiger partial charge in [-0.25, -0.2) is 4.98 Å². The quantitative estimate of drug-likeness (QED) is 0.854. The lowest BCUT2D eigenvalue weighted by atomic mass is 10.1. The maximum atomic E-state index is 12.4. The second-order valence-electron chi connectivity index (χ2n) is 4.94. The van der Waals surface area contributed by atoms with Crippen LogP contribution in [-0.2, 0) is 0 Å². The molecule has 2 N–H and O–H groups in total. The van der Waals surface area contributed by atoms with Crippen molar-refractivity contribution in [2.75, 3.05) is 32.1 Å². The smallest absolute Gasteiger partial charge is 0.255 e. The average Bonchev–Trinajstić information content (AvgIpc) is 2.52. The van der Waals surface area contributed by atoms with Gasteiger partial charge < -0.3 is 15.3 Å². The van der Waals surface area contributed by atoms with Crippen molar-refractivity contribution in [3.05, 3.63) is 36.0 Å². The predicted molar refractivity (Wildman–Crippen MR) is 84.6 cm³/mol. The Morgan fingerprint density at radius 3 is 2.71 bits per heavy atom. The number of nitrogens with one attached hydrogen (secondary N) is 1. The fourth-order valence-corrected chi connectivity index (χ4v) is 2.20. The molecule has 0 unspecified atom stereocenters. The number of fused-ring (bicyclic) bond motifs is 1. The van der Waals surface area contributed by atoms with E-state index in [1.165, 1.54) is 4.90 Å². The number of carbonyl (C=O) groups is 1. The molecule has 2 rings (SSSR count). The topological polar surface area (TPSA) is 65.5 Å². The fraction of sp³-hybridized carbons (Fsp3) is 0.375. The van der Waals surface area contributed by atoms with Gasteiger partial charge >= 0.3 is 0 Å². The first kappa shape index (κ1) is 15.3. The second-order valence-corrected chi connectivity index (χ2v) is 4.94. The third kappa shape index (κ3) is 3.31. The SMILES string of the molecule is CCCNc1ncc(C(=O)N(C)CCO)c2ccccc12. The number of carbonyl (C=O) groups excluding carboxylic acids is 1. The Kier molecular flexibility index (Phi) is 5.11. The van der Waals surface area contributed by atoms with Crippen LogP contribution in [0.25, 0.3) is 10.8 Å². The van der Waals surface area contributed by atoms with Crippen molar-refractivity contribution in [2.45, 2.75) is 13.3 Å². The molecule has 0 atom stereocenters. The number of hydrogen-bond acceptors (Lipinski definition) is 4. The predicted octanol–water partition coefficient (Wildman–Crippen LogP) is 2.12. The highest BCUT2D eigenvalue weighted by Gasteiger charge is 2.16. The molecule has 0 aliphatic carbocycles. The minimum Gasteiger partial charge on any atom is -0.395 e. The van der Waals surface area contributed by atoms with Crippen molar-refractivity contribution >= 4 is 22.5 Å². The molecule has 5 nitrogen and oxygen atoms in total. The number of anilines is 1. The van der Waals surface area contributed by atoms with E-state index in [2.05, 4.69) is 17.2 Å². The molecule has 112 valence electrons. The first-order valence-electron chi connectivity index (χ1n) is 7.17. The van der Waals surface area contributed by atoms with E-state index >= 15 is 0 Å². The molecular weight excluding hydrogens is 266 g/mol. The van der Waals surface area contributed by atoms with Gasteiger partial charge in [-0.2, -0.15) is 0 Å². The Labute approximate surface area is 124 Å². The molecule has 0 aliphatic heterocycles. The van der Waals surface area contributed by atoms with Crippen LogP contribution in [0.2, 0.25) is 0 Å². The summed E-state index contributed by atoms with van der Waals surface area (Å²) in [6.45, 7) is 3.19. The van der Waals surface area contributed by atoms with Crippen LogP contribution in [0.1, 0.15) is 23.7 Å². The second kappa shape index (κ2) is 7.04. The van der Waals surface area contributed by atoms with Crippen molar-refractivity contribution in [3.8, 4) is 0 Å². The summed E-state index contributed by atoms with van der Waals surface area (Å²) in [4.78, 5) is 18.3. The van der Waals surface area contributed by atoms with E-state index in [-0.39, 0.29) is 12.5 Å². The molecule has 0 aliphatic rings. The summed E-state index contributed by atoms with van der Waals surface area (Å²) in [6, 6.07) is 7.74. The van der Waals surface area contributed by atoms with Gasteiger partial charge in [0.05, 0.1) is 12.2 Å². The number of amides is 1. The van der Waals surface area contributed by atoms with Gasteiger partial charge in [0, 0.05) is 31.7 Å². The number of benzene rings is 1. The molecule has 0 saturated carbocycles. The molecule has 21 heavy (non-hydrogen) atoms. The zero-order chi connectivity index (χ0) is 15.2. The third-order valence-electron chi connectivity index (χ3n) is 3.35. The summed E-state index contributed by atoms with van der Waals surface area (Å²) >= 11 is 0. The average molecular weight is 287 g/mol. The van der Waals surface area contributed by atoms with Gasteiger partial charge in [0.25, 0.3) is 5.91 Å².